The van der Waals surface area contributed by atoms with Crippen molar-refractivity contribution in [2.75, 3.05) is 0 Å². The van der Waals surface area contributed by atoms with Crippen molar-refractivity contribution in [2.24, 2.45) is 0 Å². The molecule has 0 atom stereocenters. The molecule has 0 spiro atoms. The molecule has 0 radical (unpaired) electrons. The van der Waals surface area contributed by atoms with Crippen molar-refractivity contribution >= 4 is 72.4 Å². The molecular formula is C54H38N2Si. The van der Waals surface area contributed by atoms with Gasteiger partial charge in [0.1, 0.15) is 0 Å². The molecule has 0 N–H and O–H groups in total. The summed E-state index contributed by atoms with van der Waals surface area (Å²) in [6.45, 7) is 0. The molecule has 0 aliphatic heterocycles. The minimum atomic E-state index is -2.83. The molecule has 0 aliphatic carbocycles. The van der Waals surface area contributed by atoms with E-state index in [4.69, 9.17) is 0 Å². The SMILES string of the molecule is c1ccc(-c2cccc3c2c2ccc([Si](c4ccccc4)(c4ccccc4)c4ccccc4)cc2n3-c2cccc3c4ccccc4n(-c4ccccc4)c23)cc1. The maximum Gasteiger partial charge on any atom is 0.179 e. The second kappa shape index (κ2) is 13.5. The number of hydrogen-bond acceptors (Lipinski definition) is 0. The first-order valence-corrected chi connectivity index (χ1v) is 21.7. The topological polar surface area (TPSA) is 9.86 Å². The molecule has 0 unspecified atom stereocenters. The van der Waals surface area contributed by atoms with Crippen molar-refractivity contribution in [2.45, 2.75) is 0 Å². The molecule has 268 valence electrons. The summed E-state index contributed by atoms with van der Waals surface area (Å²) in [6.07, 6.45) is 0. The Hall–Kier alpha value is -7.20. The summed E-state index contributed by atoms with van der Waals surface area (Å²) in [5.41, 5.74) is 9.52. The van der Waals surface area contributed by atoms with Gasteiger partial charge < -0.3 is 9.13 Å². The Morgan fingerprint density at radius 2 is 0.842 bits per heavy atom. The normalized spacial score (nSPS) is 11.9. The predicted octanol–water partition coefficient (Wildman–Crippen LogP) is 10.9. The fourth-order valence-corrected chi connectivity index (χ4v) is 14.3. The van der Waals surface area contributed by atoms with Gasteiger partial charge >= 0.3 is 0 Å². The third-order valence-electron chi connectivity index (χ3n) is 11.9. The van der Waals surface area contributed by atoms with E-state index in [0.29, 0.717) is 0 Å². The molecule has 11 rings (SSSR count). The summed E-state index contributed by atoms with van der Waals surface area (Å²) in [5, 5.41) is 10.4. The number of benzene rings is 9. The first kappa shape index (κ1) is 33.2. The molecule has 0 amide bonds. The molecule has 3 heteroatoms. The minimum absolute atomic E-state index is 1.14. The van der Waals surface area contributed by atoms with Crippen molar-refractivity contribution < 1.29 is 0 Å². The Morgan fingerprint density at radius 1 is 0.316 bits per heavy atom. The Bertz CT molecular complexity index is 3110. The molecule has 9 aromatic carbocycles. The standard InChI is InChI=1S/C54H38N2Si/c1-6-20-39(21-7-1)45-31-18-34-50-53(45)48-37-36-44(57(41-24-10-3-11-25-41,42-26-12-4-13-27-42)43-28-14-5-15-29-43)38-52(48)56(50)51-35-19-32-47-46-30-16-17-33-49(46)55(54(47)51)40-22-8-2-9-23-40/h1-38H. The average molecular weight is 743 g/mol. The van der Waals surface area contributed by atoms with Gasteiger partial charge in [-0.3, -0.25) is 0 Å². The highest BCUT2D eigenvalue weighted by atomic mass is 28.3. The summed E-state index contributed by atoms with van der Waals surface area (Å²) in [4.78, 5) is 0. The van der Waals surface area contributed by atoms with Crippen LogP contribution in [0.1, 0.15) is 0 Å². The molecule has 57 heavy (non-hydrogen) atoms. The zero-order valence-electron chi connectivity index (χ0n) is 31.3. The van der Waals surface area contributed by atoms with E-state index in [2.05, 4.69) is 240 Å². The van der Waals surface area contributed by atoms with E-state index in [9.17, 15) is 0 Å². The molecule has 0 saturated carbocycles. The minimum Gasteiger partial charge on any atom is -0.307 e. The van der Waals surface area contributed by atoms with Crippen molar-refractivity contribution in [1.82, 2.24) is 9.13 Å². The largest absolute Gasteiger partial charge is 0.307 e. The monoisotopic (exact) mass is 742 g/mol. The van der Waals surface area contributed by atoms with E-state index in [1.54, 1.807) is 0 Å². The van der Waals surface area contributed by atoms with Crippen molar-refractivity contribution in [3.8, 4) is 22.5 Å². The second-order valence-corrected chi connectivity index (χ2v) is 18.7. The third kappa shape index (κ3) is 5.10. The van der Waals surface area contributed by atoms with Crippen LogP contribution in [0.15, 0.2) is 231 Å². The van der Waals surface area contributed by atoms with E-state index in [0.717, 1.165) is 11.4 Å². The van der Waals surface area contributed by atoms with Gasteiger partial charge in [0.15, 0.2) is 8.07 Å². The zero-order valence-corrected chi connectivity index (χ0v) is 32.3. The summed E-state index contributed by atoms with van der Waals surface area (Å²) in [5.74, 6) is 0. The van der Waals surface area contributed by atoms with E-state index in [-0.39, 0.29) is 0 Å². The molecule has 11 aromatic rings. The summed E-state index contributed by atoms with van der Waals surface area (Å²) in [6, 6.07) is 85.2. The van der Waals surface area contributed by atoms with Crippen molar-refractivity contribution in [3.05, 3.63) is 231 Å². The van der Waals surface area contributed by atoms with Crippen LogP contribution < -0.4 is 20.7 Å². The van der Waals surface area contributed by atoms with Crippen LogP contribution in [-0.4, -0.2) is 17.2 Å². The Morgan fingerprint density at radius 3 is 1.49 bits per heavy atom. The van der Waals surface area contributed by atoms with Crippen LogP contribution in [0, 0.1) is 0 Å². The van der Waals surface area contributed by atoms with Crippen LogP contribution in [0.25, 0.3) is 66.1 Å². The van der Waals surface area contributed by atoms with Gasteiger partial charge in [0.05, 0.1) is 27.8 Å². The molecule has 0 fully saturated rings. The van der Waals surface area contributed by atoms with Gasteiger partial charge in [-0.25, -0.2) is 0 Å². The first-order chi connectivity index (χ1) is 28.3. The van der Waals surface area contributed by atoms with Crippen molar-refractivity contribution in [3.63, 3.8) is 0 Å². The fraction of sp³-hybridized carbons (Fsp3) is 0. The molecule has 0 bridgehead atoms. The van der Waals surface area contributed by atoms with Gasteiger partial charge in [0.25, 0.3) is 0 Å². The van der Waals surface area contributed by atoms with Gasteiger partial charge in [-0.1, -0.05) is 194 Å². The van der Waals surface area contributed by atoms with Crippen LogP contribution in [-0.2, 0) is 0 Å². The van der Waals surface area contributed by atoms with E-state index in [1.807, 2.05) is 0 Å². The molecule has 0 aliphatic rings. The number of hydrogen-bond donors (Lipinski definition) is 0. The number of fused-ring (bicyclic) bond motifs is 6. The number of aromatic nitrogens is 2. The van der Waals surface area contributed by atoms with Gasteiger partial charge in [-0.05, 0) is 68.3 Å². The second-order valence-electron chi connectivity index (χ2n) is 14.8. The average Bonchev–Trinajstić information content (AvgIpc) is 3.81. The van der Waals surface area contributed by atoms with Gasteiger partial charge in [0.2, 0.25) is 0 Å². The van der Waals surface area contributed by atoms with Gasteiger partial charge in [-0.15, -0.1) is 0 Å². The molecule has 0 saturated heterocycles. The zero-order chi connectivity index (χ0) is 37.8. The van der Waals surface area contributed by atoms with Crippen LogP contribution in [0.4, 0.5) is 0 Å². The maximum atomic E-state index is 2.56. The highest BCUT2D eigenvalue weighted by Gasteiger charge is 2.41. The Labute approximate surface area is 333 Å². The highest BCUT2D eigenvalue weighted by Crippen LogP contribution is 2.42. The first-order valence-electron chi connectivity index (χ1n) is 19.7. The summed E-state index contributed by atoms with van der Waals surface area (Å²) in [7, 11) is -2.83. The number of nitrogens with zero attached hydrogens (tertiary/aromatic N) is 2. The third-order valence-corrected chi connectivity index (χ3v) is 16.6. The molecule has 2 aromatic heterocycles. The summed E-state index contributed by atoms with van der Waals surface area (Å²) >= 11 is 0. The summed E-state index contributed by atoms with van der Waals surface area (Å²) < 4.78 is 5.01. The lowest BCUT2D eigenvalue weighted by Gasteiger charge is -2.34. The van der Waals surface area contributed by atoms with E-state index >= 15 is 0 Å². The number of rotatable bonds is 7. The lowest BCUT2D eigenvalue weighted by molar-refractivity contribution is 1.13. The smallest absolute Gasteiger partial charge is 0.179 e. The lowest BCUT2D eigenvalue weighted by Crippen LogP contribution is -2.74. The molecular weight excluding hydrogens is 705 g/mol. The van der Waals surface area contributed by atoms with E-state index < -0.39 is 8.07 Å². The quantitative estimate of drug-likeness (QED) is 0.114. The van der Waals surface area contributed by atoms with Crippen LogP contribution >= 0.6 is 0 Å². The van der Waals surface area contributed by atoms with Gasteiger partial charge in [-0.2, -0.15) is 0 Å². The van der Waals surface area contributed by atoms with Crippen LogP contribution in [0.3, 0.4) is 0 Å². The van der Waals surface area contributed by atoms with Gasteiger partial charge in [0, 0.05) is 27.2 Å². The Kier molecular flexibility index (Phi) is 7.87. The predicted molar refractivity (Wildman–Crippen MR) is 244 cm³/mol. The highest BCUT2D eigenvalue weighted by molar-refractivity contribution is 7.20. The lowest BCUT2D eigenvalue weighted by atomic mass is 9.99. The number of para-hydroxylation sites is 3. The fourth-order valence-electron chi connectivity index (χ4n) is 9.51. The molecule has 2 heterocycles. The Balaban J connectivity index is 1.32. The van der Waals surface area contributed by atoms with Crippen LogP contribution in [0.5, 0.6) is 0 Å². The van der Waals surface area contributed by atoms with Crippen molar-refractivity contribution in [1.29, 1.82) is 0 Å². The van der Waals surface area contributed by atoms with E-state index in [1.165, 1.54) is 75.5 Å². The maximum absolute atomic E-state index is 2.83. The van der Waals surface area contributed by atoms with Crippen LogP contribution in [0.2, 0.25) is 0 Å². The molecule has 2 nitrogen and oxygen atoms in total.